The van der Waals surface area contributed by atoms with Gasteiger partial charge in [0.2, 0.25) is 0 Å². The van der Waals surface area contributed by atoms with Crippen molar-refractivity contribution in [1.82, 2.24) is 15.3 Å². The number of fused-ring (bicyclic) bond motifs is 1. The quantitative estimate of drug-likeness (QED) is 0.841. The van der Waals surface area contributed by atoms with Gasteiger partial charge in [-0.05, 0) is 69.1 Å². The molecule has 1 amide bonds. The summed E-state index contributed by atoms with van der Waals surface area (Å²) in [4.78, 5) is 18.0. The Morgan fingerprint density at radius 1 is 1.32 bits per heavy atom. The lowest BCUT2D eigenvalue weighted by Gasteiger charge is -2.15. The number of carbonyl (C=O) groups excluding carboxylic acids is 1. The lowest BCUT2D eigenvalue weighted by molar-refractivity contribution is -0.116. The highest BCUT2D eigenvalue weighted by Crippen LogP contribution is 2.30. The van der Waals surface area contributed by atoms with Crippen molar-refractivity contribution in [2.45, 2.75) is 32.2 Å². The van der Waals surface area contributed by atoms with Crippen molar-refractivity contribution in [3.05, 3.63) is 52.2 Å². The lowest BCUT2D eigenvalue weighted by atomic mass is 9.94. The number of H-pyrrole nitrogens is 1. The SMILES string of the molecule is CN(C)Cc1c(/C=C2/C(=O)NN=C2c2ccco2)[nH]c2c1CCCC2. The van der Waals surface area contributed by atoms with Crippen molar-refractivity contribution in [2.75, 3.05) is 14.1 Å². The molecule has 1 aliphatic carbocycles. The number of nitrogens with one attached hydrogen (secondary N) is 2. The molecule has 2 aromatic heterocycles. The van der Waals surface area contributed by atoms with E-state index < -0.39 is 0 Å². The Morgan fingerprint density at radius 3 is 2.92 bits per heavy atom. The minimum absolute atomic E-state index is 0.199. The minimum Gasteiger partial charge on any atom is -0.463 e. The van der Waals surface area contributed by atoms with Crippen LogP contribution < -0.4 is 5.43 Å². The molecule has 3 heterocycles. The molecule has 0 saturated heterocycles. The van der Waals surface area contributed by atoms with Gasteiger partial charge in [0.05, 0.1) is 11.8 Å². The fourth-order valence-corrected chi connectivity index (χ4v) is 3.61. The smallest absolute Gasteiger partial charge is 0.273 e. The Balaban J connectivity index is 1.78. The van der Waals surface area contributed by atoms with Gasteiger partial charge in [-0.1, -0.05) is 0 Å². The summed E-state index contributed by atoms with van der Waals surface area (Å²) in [5.41, 5.74) is 8.65. The summed E-state index contributed by atoms with van der Waals surface area (Å²) in [5.74, 6) is 0.393. The number of rotatable bonds is 4. The number of hydrazone groups is 1. The Hall–Kier alpha value is -2.60. The zero-order valence-electron chi connectivity index (χ0n) is 14.6. The summed E-state index contributed by atoms with van der Waals surface area (Å²) >= 11 is 0. The molecule has 0 aromatic carbocycles. The number of aryl methyl sites for hydroxylation is 1. The van der Waals surface area contributed by atoms with Crippen molar-refractivity contribution >= 4 is 17.7 Å². The predicted octanol–water partition coefficient (Wildman–Crippen LogP) is 2.47. The molecular weight excluding hydrogens is 316 g/mol. The van der Waals surface area contributed by atoms with Gasteiger partial charge in [0, 0.05) is 17.9 Å². The summed E-state index contributed by atoms with van der Waals surface area (Å²) in [5, 5.41) is 4.14. The predicted molar refractivity (Wildman–Crippen MR) is 96.2 cm³/mol. The summed E-state index contributed by atoms with van der Waals surface area (Å²) in [7, 11) is 4.13. The molecule has 1 aliphatic heterocycles. The Bertz CT molecular complexity index is 856. The molecule has 2 aromatic rings. The van der Waals surface area contributed by atoms with Gasteiger partial charge < -0.3 is 14.3 Å². The number of carbonyl (C=O) groups is 1. The molecule has 0 spiro atoms. The van der Waals surface area contributed by atoms with Crippen LogP contribution in [0.2, 0.25) is 0 Å². The van der Waals surface area contributed by atoms with Gasteiger partial charge >= 0.3 is 0 Å². The van der Waals surface area contributed by atoms with E-state index in [9.17, 15) is 4.79 Å². The summed E-state index contributed by atoms with van der Waals surface area (Å²) in [6.45, 7) is 0.847. The highest BCUT2D eigenvalue weighted by Gasteiger charge is 2.27. The van der Waals surface area contributed by atoms with Crippen molar-refractivity contribution in [3.8, 4) is 0 Å². The van der Waals surface area contributed by atoms with E-state index in [4.69, 9.17) is 4.42 Å². The highest BCUT2D eigenvalue weighted by atomic mass is 16.3. The van der Waals surface area contributed by atoms with Crippen LogP contribution in [-0.2, 0) is 24.2 Å². The number of hydrogen-bond acceptors (Lipinski definition) is 4. The van der Waals surface area contributed by atoms with Crippen LogP contribution in [-0.4, -0.2) is 35.6 Å². The molecule has 6 nitrogen and oxygen atoms in total. The van der Waals surface area contributed by atoms with Crippen LogP contribution in [0.5, 0.6) is 0 Å². The molecule has 0 atom stereocenters. The van der Waals surface area contributed by atoms with Gasteiger partial charge in [0.15, 0.2) is 5.76 Å². The molecule has 0 unspecified atom stereocenters. The first-order valence-corrected chi connectivity index (χ1v) is 8.65. The topological polar surface area (TPSA) is 73.6 Å². The van der Waals surface area contributed by atoms with Crippen LogP contribution in [0.1, 0.15) is 41.1 Å². The van der Waals surface area contributed by atoms with Gasteiger partial charge in [-0.15, -0.1) is 0 Å². The number of amides is 1. The van der Waals surface area contributed by atoms with Crippen LogP contribution in [0.3, 0.4) is 0 Å². The normalized spacial score (nSPS) is 18.6. The maximum absolute atomic E-state index is 12.3. The van der Waals surface area contributed by atoms with Gasteiger partial charge in [0.1, 0.15) is 5.71 Å². The molecule has 2 aliphatic rings. The molecule has 0 bridgehead atoms. The third-order valence-electron chi connectivity index (χ3n) is 4.73. The van der Waals surface area contributed by atoms with E-state index in [2.05, 4.69) is 34.5 Å². The average molecular weight is 338 g/mol. The fourth-order valence-electron chi connectivity index (χ4n) is 3.61. The van der Waals surface area contributed by atoms with E-state index in [-0.39, 0.29) is 5.91 Å². The van der Waals surface area contributed by atoms with Crippen LogP contribution in [0.4, 0.5) is 0 Å². The van der Waals surface area contributed by atoms with Gasteiger partial charge in [-0.25, -0.2) is 5.43 Å². The molecular formula is C19H22N4O2. The number of aromatic nitrogens is 1. The maximum Gasteiger partial charge on any atom is 0.273 e. The second kappa shape index (κ2) is 6.37. The number of nitrogens with zero attached hydrogens (tertiary/aromatic N) is 2. The van der Waals surface area contributed by atoms with Crippen LogP contribution in [0.15, 0.2) is 33.5 Å². The summed E-state index contributed by atoms with van der Waals surface area (Å²) in [6.07, 6.45) is 8.11. The summed E-state index contributed by atoms with van der Waals surface area (Å²) < 4.78 is 5.43. The third-order valence-corrected chi connectivity index (χ3v) is 4.73. The second-order valence-electron chi connectivity index (χ2n) is 6.86. The first-order valence-electron chi connectivity index (χ1n) is 8.65. The van der Waals surface area contributed by atoms with E-state index >= 15 is 0 Å². The lowest BCUT2D eigenvalue weighted by Crippen LogP contribution is -2.15. The van der Waals surface area contributed by atoms with Crippen LogP contribution in [0, 0.1) is 0 Å². The highest BCUT2D eigenvalue weighted by molar-refractivity contribution is 6.32. The van der Waals surface area contributed by atoms with Crippen molar-refractivity contribution in [1.29, 1.82) is 0 Å². The van der Waals surface area contributed by atoms with Crippen molar-refractivity contribution in [2.24, 2.45) is 5.10 Å². The summed E-state index contributed by atoms with van der Waals surface area (Å²) in [6, 6.07) is 3.61. The van der Waals surface area contributed by atoms with Crippen molar-refractivity contribution in [3.63, 3.8) is 0 Å². The molecule has 0 saturated carbocycles. The fraction of sp³-hybridized carbons (Fsp3) is 0.368. The largest absolute Gasteiger partial charge is 0.463 e. The number of furan rings is 1. The Kier molecular flexibility index (Phi) is 4.05. The van der Waals surface area contributed by atoms with E-state index in [1.165, 1.54) is 29.7 Å². The van der Waals surface area contributed by atoms with Gasteiger partial charge in [0.25, 0.3) is 5.91 Å². The Labute approximate surface area is 146 Å². The van der Waals surface area contributed by atoms with Crippen LogP contribution in [0.25, 0.3) is 6.08 Å². The third kappa shape index (κ3) is 2.93. The monoisotopic (exact) mass is 338 g/mol. The standard InChI is InChI=1S/C19H22N4O2/c1-23(2)11-14-12-6-3-4-7-15(12)20-16(14)10-13-18(21-22-19(13)24)17-8-5-9-25-17/h5,8-10,20H,3-4,6-7,11H2,1-2H3,(H,22,24)/b13-10+. The molecule has 0 fully saturated rings. The molecule has 2 N–H and O–H groups in total. The zero-order chi connectivity index (χ0) is 17.4. The molecule has 6 heteroatoms. The van der Waals surface area contributed by atoms with E-state index in [0.717, 1.165) is 25.1 Å². The van der Waals surface area contributed by atoms with E-state index in [0.29, 0.717) is 17.0 Å². The van der Waals surface area contributed by atoms with Crippen molar-refractivity contribution < 1.29 is 9.21 Å². The minimum atomic E-state index is -0.199. The number of aromatic amines is 1. The van der Waals surface area contributed by atoms with E-state index in [1.54, 1.807) is 12.3 Å². The number of hydrogen-bond donors (Lipinski definition) is 2. The zero-order valence-corrected chi connectivity index (χ0v) is 14.6. The molecule has 4 rings (SSSR count). The molecule has 0 radical (unpaired) electrons. The molecule has 130 valence electrons. The van der Waals surface area contributed by atoms with Gasteiger partial charge in [-0.3, -0.25) is 4.79 Å². The second-order valence-corrected chi connectivity index (χ2v) is 6.86. The first kappa shape index (κ1) is 15.9. The molecule has 25 heavy (non-hydrogen) atoms. The Morgan fingerprint density at radius 2 is 2.16 bits per heavy atom. The maximum atomic E-state index is 12.3. The van der Waals surface area contributed by atoms with E-state index in [1.807, 2.05) is 12.1 Å². The van der Waals surface area contributed by atoms with Crippen LogP contribution >= 0.6 is 0 Å². The van der Waals surface area contributed by atoms with Gasteiger partial charge in [-0.2, -0.15) is 5.10 Å². The average Bonchev–Trinajstić information content (AvgIpc) is 3.29. The first-order chi connectivity index (χ1) is 12.1.